The van der Waals surface area contributed by atoms with E-state index in [9.17, 15) is 13.2 Å². The molecule has 5 rings (SSSR count). The highest BCUT2D eigenvalue weighted by atomic mass is 32.2. The summed E-state index contributed by atoms with van der Waals surface area (Å²) in [7, 11) is -3.40. The fourth-order valence-corrected chi connectivity index (χ4v) is 5.25. The van der Waals surface area contributed by atoms with Crippen molar-refractivity contribution in [1.29, 1.82) is 0 Å². The third-order valence-corrected chi connectivity index (χ3v) is 7.25. The fraction of sp³-hybridized carbons (Fsp3) is 0.190. The zero-order valence-corrected chi connectivity index (χ0v) is 17.8. The molecule has 1 N–H and O–H groups in total. The first-order valence-electron chi connectivity index (χ1n) is 9.48. The van der Waals surface area contributed by atoms with Crippen molar-refractivity contribution in [3.63, 3.8) is 0 Å². The number of thiazole rings is 1. The highest BCUT2D eigenvalue weighted by Gasteiger charge is 2.26. The van der Waals surface area contributed by atoms with Gasteiger partial charge in [0.05, 0.1) is 20.8 Å². The van der Waals surface area contributed by atoms with Crippen molar-refractivity contribution in [3.05, 3.63) is 65.4 Å². The summed E-state index contributed by atoms with van der Waals surface area (Å²) < 4.78 is 26.4. The Kier molecular flexibility index (Phi) is 4.44. The molecule has 1 aliphatic rings. The molecule has 0 spiro atoms. The first-order chi connectivity index (χ1) is 14.4. The molecule has 0 atom stereocenters. The average Bonchev–Trinajstić information content (AvgIpc) is 3.42. The number of anilines is 1. The van der Waals surface area contributed by atoms with Crippen molar-refractivity contribution in [2.75, 3.05) is 11.6 Å². The van der Waals surface area contributed by atoms with E-state index in [2.05, 4.69) is 10.3 Å². The van der Waals surface area contributed by atoms with Gasteiger partial charge in [-0.05, 0) is 49.6 Å². The minimum absolute atomic E-state index is 0.111. The lowest BCUT2D eigenvalue weighted by molar-refractivity contribution is 0.102. The number of hydrogen-bond acceptors (Lipinski definition) is 6. The number of aryl methyl sites for hydroxylation is 1. The number of sulfone groups is 1. The van der Waals surface area contributed by atoms with E-state index in [0.717, 1.165) is 47.0 Å². The van der Waals surface area contributed by atoms with Gasteiger partial charge < -0.3 is 5.32 Å². The Morgan fingerprint density at radius 3 is 2.77 bits per heavy atom. The van der Waals surface area contributed by atoms with Crippen LogP contribution in [-0.2, 0) is 22.7 Å². The Morgan fingerprint density at radius 2 is 1.97 bits per heavy atom. The van der Waals surface area contributed by atoms with Crippen molar-refractivity contribution >= 4 is 43.1 Å². The monoisotopic (exact) mass is 438 g/mol. The largest absolute Gasteiger partial charge is 0.306 e. The van der Waals surface area contributed by atoms with Gasteiger partial charge in [-0.3, -0.25) is 4.79 Å². The average molecular weight is 439 g/mol. The first-order valence-corrected chi connectivity index (χ1v) is 12.2. The highest BCUT2D eigenvalue weighted by molar-refractivity contribution is 7.90. The molecular formula is C21H18N4O3S2. The number of aromatic nitrogens is 3. The number of amides is 1. The molecule has 0 radical (unpaired) electrons. The van der Waals surface area contributed by atoms with Crippen molar-refractivity contribution in [2.24, 2.45) is 0 Å². The Balaban J connectivity index is 1.55. The van der Waals surface area contributed by atoms with Gasteiger partial charge in [-0.25, -0.2) is 13.4 Å². The summed E-state index contributed by atoms with van der Waals surface area (Å²) in [4.78, 5) is 17.8. The third-order valence-electron chi connectivity index (χ3n) is 5.13. The van der Waals surface area contributed by atoms with Gasteiger partial charge in [0.1, 0.15) is 5.82 Å². The Hall–Kier alpha value is -3.04. The number of carbonyl (C=O) groups is 1. The minimum atomic E-state index is -3.40. The number of fused-ring (bicyclic) bond motifs is 2. The van der Waals surface area contributed by atoms with E-state index in [1.54, 1.807) is 16.8 Å². The summed E-state index contributed by atoms with van der Waals surface area (Å²) in [5, 5.41) is 8.36. The summed E-state index contributed by atoms with van der Waals surface area (Å²) in [6.07, 6.45) is 3.81. The van der Waals surface area contributed by atoms with E-state index < -0.39 is 9.84 Å². The van der Waals surface area contributed by atoms with E-state index in [0.29, 0.717) is 10.9 Å². The van der Waals surface area contributed by atoms with Gasteiger partial charge in [-0.1, -0.05) is 29.5 Å². The van der Waals surface area contributed by atoms with Crippen LogP contribution >= 0.6 is 11.3 Å². The van der Waals surface area contributed by atoms with E-state index in [4.69, 9.17) is 5.10 Å². The second kappa shape index (κ2) is 7.03. The molecule has 0 fully saturated rings. The van der Waals surface area contributed by atoms with Crippen LogP contribution in [0.15, 0.2) is 53.4 Å². The summed E-state index contributed by atoms with van der Waals surface area (Å²) in [5.41, 5.74) is 3.14. The number of benzene rings is 2. The smallest absolute Gasteiger partial charge is 0.256 e. The van der Waals surface area contributed by atoms with Crippen LogP contribution in [0.25, 0.3) is 15.3 Å². The molecule has 0 saturated carbocycles. The Labute approximate surface area is 177 Å². The van der Waals surface area contributed by atoms with Crippen LogP contribution < -0.4 is 5.32 Å². The molecule has 0 saturated heterocycles. The number of carbonyl (C=O) groups excluding carboxylic acids is 1. The number of hydrogen-bond donors (Lipinski definition) is 1. The van der Waals surface area contributed by atoms with Crippen LogP contribution in [0, 0.1) is 0 Å². The minimum Gasteiger partial charge on any atom is -0.306 e. The van der Waals surface area contributed by atoms with Gasteiger partial charge in [0.25, 0.3) is 5.91 Å². The number of para-hydroxylation sites is 1. The topological polar surface area (TPSA) is 94.0 Å². The van der Waals surface area contributed by atoms with Gasteiger partial charge in [-0.2, -0.15) is 9.78 Å². The SMILES string of the molecule is CS(=O)(=O)c1cccc(C(=O)Nc2c3c(nn2-c2nc4ccccc4s2)CCC3)c1. The predicted molar refractivity (Wildman–Crippen MR) is 116 cm³/mol. The van der Waals surface area contributed by atoms with Gasteiger partial charge in [0.2, 0.25) is 5.13 Å². The molecular weight excluding hydrogens is 420 g/mol. The highest BCUT2D eigenvalue weighted by Crippen LogP contribution is 2.34. The summed E-state index contributed by atoms with van der Waals surface area (Å²) in [6, 6.07) is 13.9. The lowest BCUT2D eigenvalue weighted by Gasteiger charge is -2.09. The van der Waals surface area contributed by atoms with E-state index in [1.165, 1.54) is 23.5 Å². The molecule has 2 heterocycles. The van der Waals surface area contributed by atoms with Crippen LogP contribution in [0.1, 0.15) is 28.0 Å². The van der Waals surface area contributed by atoms with E-state index in [1.807, 2.05) is 24.3 Å². The molecule has 152 valence electrons. The van der Waals surface area contributed by atoms with Crippen LogP contribution in [0.3, 0.4) is 0 Å². The molecule has 7 nitrogen and oxygen atoms in total. The predicted octanol–water partition coefficient (Wildman–Crippen LogP) is 3.63. The van der Waals surface area contributed by atoms with Gasteiger partial charge >= 0.3 is 0 Å². The maximum atomic E-state index is 13.0. The Bertz CT molecular complexity index is 1370. The molecule has 0 unspecified atom stereocenters. The maximum absolute atomic E-state index is 13.0. The molecule has 1 amide bonds. The number of nitrogens with zero attached hydrogens (tertiary/aromatic N) is 3. The van der Waals surface area contributed by atoms with Crippen LogP contribution in [0.2, 0.25) is 0 Å². The van der Waals surface area contributed by atoms with Gasteiger partial charge in [-0.15, -0.1) is 0 Å². The third kappa shape index (κ3) is 3.29. The zero-order chi connectivity index (χ0) is 20.9. The molecule has 1 aliphatic carbocycles. The van der Waals surface area contributed by atoms with Crippen molar-refractivity contribution < 1.29 is 13.2 Å². The van der Waals surface area contributed by atoms with Crippen molar-refractivity contribution in [3.8, 4) is 5.13 Å². The lowest BCUT2D eigenvalue weighted by atomic mass is 10.2. The zero-order valence-electron chi connectivity index (χ0n) is 16.1. The lowest BCUT2D eigenvalue weighted by Crippen LogP contribution is -2.16. The quantitative estimate of drug-likeness (QED) is 0.525. The molecule has 30 heavy (non-hydrogen) atoms. The maximum Gasteiger partial charge on any atom is 0.256 e. The van der Waals surface area contributed by atoms with Crippen LogP contribution in [0.5, 0.6) is 0 Å². The molecule has 0 aliphatic heterocycles. The summed E-state index contributed by atoms with van der Waals surface area (Å²) in [6.45, 7) is 0. The van der Waals surface area contributed by atoms with E-state index >= 15 is 0 Å². The van der Waals surface area contributed by atoms with Crippen LogP contribution in [0.4, 0.5) is 5.82 Å². The summed E-state index contributed by atoms with van der Waals surface area (Å²) >= 11 is 1.51. The standard InChI is InChI=1S/C21H18N4O3S2/c1-30(27,28)14-7-4-6-13(12-14)20(26)23-19-15-8-5-10-16(15)24-25(19)21-22-17-9-2-3-11-18(17)29-21/h2-4,6-7,9,11-12H,5,8,10H2,1H3,(H,23,26). The van der Waals surface area contributed by atoms with Crippen molar-refractivity contribution in [2.45, 2.75) is 24.2 Å². The molecule has 0 bridgehead atoms. The Morgan fingerprint density at radius 1 is 1.13 bits per heavy atom. The second-order valence-electron chi connectivity index (χ2n) is 7.26. The van der Waals surface area contributed by atoms with E-state index in [-0.39, 0.29) is 16.4 Å². The summed E-state index contributed by atoms with van der Waals surface area (Å²) in [5.74, 6) is 0.230. The molecule has 2 aromatic carbocycles. The van der Waals surface area contributed by atoms with Gasteiger partial charge in [0.15, 0.2) is 9.84 Å². The normalized spacial score (nSPS) is 13.5. The second-order valence-corrected chi connectivity index (χ2v) is 10.3. The van der Waals surface area contributed by atoms with Crippen molar-refractivity contribution in [1.82, 2.24) is 14.8 Å². The number of nitrogens with one attached hydrogen (secondary N) is 1. The molecule has 2 aromatic heterocycles. The van der Waals surface area contributed by atoms with Gasteiger partial charge in [0, 0.05) is 17.4 Å². The number of rotatable bonds is 4. The fourth-order valence-electron chi connectivity index (χ4n) is 3.66. The first kappa shape index (κ1) is 19.0. The molecule has 9 heteroatoms. The molecule has 4 aromatic rings. The van der Waals surface area contributed by atoms with Crippen LogP contribution in [-0.4, -0.2) is 35.3 Å².